The Morgan fingerprint density at radius 2 is 1.88 bits per heavy atom. The van der Waals surface area contributed by atoms with Crippen LogP contribution in [0.2, 0.25) is 0 Å². The van der Waals surface area contributed by atoms with E-state index in [0.717, 1.165) is 11.1 Å². The molecule has 1 aliphatic carbocycles. The third-order valence-corrected chi connectivity index (χ3v) is 3.77. The van der Waals surface area contributed by atoms with Crippen molar-refractivity contribution in [2.75, 3.05) is 0 Å². The van der Waals surface area contributed by atoms with Crippen molar-refractivity contribution in [3.05, 3.63) is 47.5 Å². The minimum absolute atomic E-state index is 0.536. The molecule has 17 heavy (non-hydrogen) atoms. The predicted octanol–water partition coefficient (Wildman–Crippen LogP) is 2.40. The van der Waals surface area contributed by atoms with E-state index in [1.54, 1.807) is 0 Å². The summed E-state index contributed by atoms with van der Waals surface area (Å²) in [4.78, 5) is 11.0. The molecular weight excluding hydrogens is 216 g/mol. The quantitative estimate of drug-likeness (QED) is 0.628. The molecule has 3 nitrogen and oxygen atoms in total. The van der Waals surface area contributed by atoms with Gasteiger partial charge in [0.05, 0.1) is 6.10 Å². The fraction of sp³-hybridized carbons (Fsp3) is 0.429. The summed E-state index contributed by atoms with van der Waals surface area (Å²) < 4.78 is 0. The molecule has 0 saturated carbocycles. The summed E-state index contributed by atoms with van der Waals surface area (Å²) in [6, 6.07) is 7.97. The molecule has 3 atom stereocenters. The van der Waals surface area contributed by atoms with E-state index in [-0.39, 0.29) is 0 Å². The van der Waals surface area contributed by atoms with Gasteiger partial charge in [0.1, 0.15) is 5.60 Å². The molecular formula is C14H16O3. The standard InChI is InChI=1S/C14H16O3/c1-3-12(15)14-9-8-13(2,16-17-14)10-6-4-5-7-11(10)14/h4-9,12,15H,3H2,1-2H3/t12-,13+,14-/m1/s1. The third kappa shape index (κ3) is 1.27. The smallest absolute Gasteiger partial charge is 0.173 e. The number of aliphatic hydroxyl groups is 1. The number of hydrogen-bond acceptors (Lipinski definition) is 3. The van der Waals surface area contributed by atoms with Gasteiger partial charge in [-0.05, 0) is 31.1 Å². The van der Waals surface area contributed by atoms with Crippen molar-refractivity contribution in [1.29, 1.82) is 0 Å². The Morgan fingerprint density at radius 3 is 2.47 bits per heavy atom. The van der Waals surface area contributed by atoms with E-state index < -0.39 is 17.3 Å². The zero-order valence-corrected chi connectivity index (χ0v) is 10.0. The summed E-state index contributed by atoms with van der Waals surface area (Å²) >= 11 is 0. The van der Waals surface area contributed by atoms with Crippen molar-refractivity contribution < 1.29 is 14.9 Å². The molecule has 3 aliphatic rings. The average Bonchev–Trinajstić information content (AvgIpc) is 2.39. The first-order valence-electron chi connectivity index (χ1n) is 5.98. The molecule has 4 rings (SSSR count). The summed E-state index contributed by atoms with van der Waals surface area (Å²) in [6.45, 7) is 3.89. The fourth-order valence-corrected chi connectivity index (χ4v) is 2.67. The first-order valence-corrected chi connectivity index (χ1v) is 5.98. The summed E-state index contributed by atoms with van der Waals surface area (Å²) in [7, 11) is 0. The summed E-state index contributed by atoms with van der Waals surface area (Å²) in [6.07, 6.45) is 3.90. The molecule has 2 aliphatic heterocycles. The predicted molar refractivity (Wildman–Crippen MR) is 63.1 cm³/mol. The van der Waals surface area contributed by atoms with Gasteiger partial charge in [0, 0.05) is 5.56 Å². The van der Waals surface area contributed by atoms with Crippen LogP contribution >= 0.6 is 0 Å². The molecule has 0 saturated heterocycles. The highest BCUT2D eigenvalue weighted by atomic mass is 17.2. The monoisotopic (exact) mass is 232 g/mol. The van der Waals surface area contributed by atoms with Crippen molar-refractivity contribution in [2.45, 2.75) is 37.6 Å². The Kier molecular flexibility index (Phi) is 2.20. The number of fused-ring (bicyclic) bond motifs is 1. The van der Waals surface area contributed by atoms with Crippen LogP contribution in [0.15, 0.2) is 36.4 Å². The van der Waals surface area contributed by atoms with Gasteiger partial charge in [0.15, 0.2) is 5.60 Å². The number of hydrogen-bond donors (Lipinski definition) is 1. The number of rotatable bonds is 2. The molecule has 0 unspecified atom stereocenters. The largest absolute Gasteiger partial charge is 0.389 e. The van der Waals surface area contributed by atoms with Gasteiger partial charge in [0.2, 0.25) is 0 Å². The number of aliphatic hydroxyl groups excluding tert-OH is 1. The van der Waals surface area contributed by atoms with E-state index in [1.165, 1.54) is 0 Å². The average molecular weight is 232 g/mol. The van der Waals surface area contributed by atoms with Crippen molar-refractivity contribution in [3.8, 4) is 0 Å². The summed E-state index contributed by atoms with van der Waals surface area (Å²) in [5, 5.41) is 10.2. The number of benzene rings is 1. The van der Waals surface area contributed by atoms with Gasteiger partial charge < -0.3 is 5.11 Å². The van der Waals surface area contributed by atoms with Gasteiger partial charge in [-0.1, -0.05) is 31.2 Å². The van der Waals surface area contributed by atoms with Crippen LogP contribution in [-0.4, -0.2) is 11.2 Å². The highest BCUT2D eigenvalue weighted by Crippen LogP contribution is 2.50. The van der Waals surface area contributed by atoms with E-state index in [0.29, 0.717) is 6.42 Å². The maximum Gasteiger partial charge on any atom is 0.173 e. The molecule has 0 spiro atoms. The van der Waals surface area contributed by atoms with Crippen LogP contribution in [0, 0.1) is 0 Å². The molecule has 1 aromatic carbocycles. The SMILES string of the molecule is CC[C@@H](O)[C@]12C=C[C@](C)(OO1)c1ccccc12. The molecule has 2 bridgehead atoms. The summed E-state index contributed by atoms with van der Waals surface area (Å²) in [5.41, 5.74) is 0.696. The molecule has 0 aromatic heterocycles. The maximum absolute atomic E-state index is 10.2. The zero-order valence-electron chi connectivity index (χ0n) is 10.0. The lowest BCUT2D eigenvalue weighted by atomic mass is 9.73. The van der Waals surface area contributed by atoms with Gasteiger partial charge in [-0.25, -0.2) is 9.78 Å². The first-order chi connectivity index (χ1) is 8.12. The van der Waals surface area contributed by atoms with Gasteiger partial charge in [-0.3, -0.25) is 0 Å². The van der Waals surface area contributed by atoms with Crippen molar-refractivity contribution in [2.24, 2.45) is 0 Å². The zero-order chi connectivity index (χ0) is 12.1. The van der Waals surface area contributed by atoms with Crippen LogP contribution in [0.4, 0.5) is 0 Å². The van der Waals surface area contributed by atoms with Crippen molar-refractivity contribution in [1.82, 2.24) is 0 Å². The second-order valence-corrected chi connectivity index (χ2v) is 4.87. The van der Waals surface area contributed by atoms with Crippen molar-refractivity contribution in [3.63, 3.8) is 0 Å². The van der Waals surface area contributed by atoms with Crippen LogP contribution in [0.1, 0.15) is 31.4 Å². The van der Waals surface area contributed by atoms with Gasteiger partial charge in [-0.15, -0.1) is 0 Å². The van der Waals surface area contributed by atoms with E-state index >= 15 is 0 Å². The second-order valence-electron chi connectivity index (χ2n) is 4.87. The Morgan fingerprint density at radius 1 is 1.18 bits per heavy atom. The summed E-state index contributed by atoms with van der Waals surface area (Å²) in [5.74, 6) is 0. The van der Waals surface area contributed by atoms with Crippen LogP contribution in [0.25, 0.3) is 0 Å². The minimum Gasteiger partial charge on any atom is -0.389 e. The molecule has 2 heterocycles. The Bertz CT molecular complexity index is 482. The molecule has 1 aromatic rings. The Labute approximate surface area is 101 Å². The van der Waals surface area contributed by atoms with E-state index in [2.05, 4.69) is 0 Å². The van der Waals surface area contributed by atoms with Gasteiger partial charge >= 0.3 is 0 Å². The lowest BCUT2D eigenvalue weighted by Crippen LogP contribution is -2.51. The van der Waals surface area contributed by atoms with Crippen LogP contribution < -0.4 is 0 Å². The van der Waals surface area contributed by atoms with E-state index in [9.17, 15) is 5.11 Å². The molecule has 0 amide bonds. The Hall–Kier alpha value is -1.16. The van der Waals surface area contributed by atoms with Crippen LogP contribution in [0.5, 0.6) is 0 Å². The molecule has 3 heteroatoms. The minimum atomic E-state index is -0.844. The van der Waals surface area contributed by atoms with E-state index in [1.807, 2.05) is 50.3 Å². The first kappa shape index (κ1) is 11.0. The molecule has 1 N–H and O–H groups in total. The molecule has 0 radical (unpaired) electrons. The highest BCUT2D eigenvalue weighted by molar-refractivity contribution is 5.47. The lowest BCUT2D eigenvalue weighted by Gasteiger charge is -2.48. The van der Waals surface area contributed by atoms with Crippen LogP contribution in [0.3, 0.4) is 0 Å². The van der Waals surface area contributed by atoms with E-state index in [4.69, 9.17) is 9.78 Å². The fourth-order valence-electron chi connectivity index (χ4n) is 2.67. The van der Waals surface area contributed by atoms with Crippen LogP contribution in [-0.2, 0) is 21.0 Å². The second kappa shape index (κ2) is 3.42. The topological polar surface area (TPSA) is 38.7 Å². The normalized spacial score (nSPS) is 35.7. The van der Waals surface area contributed by atoms with Gasteiger partial charge in [0.25, 0.3) is 0 Å². The Balaban J connectivity index is 2.23. The van der Waals surface area contributed by atoms with Crippen molar-refractivity contribution >= 4 is 0 Å². The molecule has 0 fully saturated rings. The highest BCUT2D eigenvalue weighted by Gasteiger charge is 2.52. The maximum atomic E-state index is 10.2. The molecule has 90 valence electrons. The van der Waals surface area contributed by atoms with Gasteiger partial charge in [-0.2, -0.15) is 0 Å². The third-order valence-electron chi connectivity index (χ3n) is 3.77. The lowest BCUT2D eigenvalue weighted by molar-refractivity contribution is -0.431.